The minimum absolute atomic E-state index is 0.0614. The van der Waals surface area contributed by atoms with Crippen LogP contribution in [0.3, 0.4) is 0 Å². The summed E-state index contributed by atoms with van der Waals surface area (Å²) < 4.78 is 73.7. The Morgan fingerprint density at radius 3 is 2.48 bits per heavy atom. The smallest absolute Gasteiger partial charge is 0.357 e. The normalized spacial score (nSPS) is 13.0. The number of rotatable bonds is 10. The van der Waals surface area contributed by atoms with E-state index in [2.05, 4.69) is 15.6 Å². The summed E-state index contributed by atoms with van der Waals surface area (Å²) in [7, 11) is -1.88. The molecule has 0 bridgehead atoms. The molecule has 29 heavy (non-hydrogen) atoms. The van der Waals surface area contributed by atoms with E-state index in [1.807, 2.05) is 6.92 Å². The predicted octanol–water partition coefficient (Wildman–Crippen LogP) is 2.31. The number of hydrogen-bond donors (Lipinski definition) is 2. The van der Waals surface area contributed by atoms with Crippen molar-refractivity contribution in [2.24, 2.45) is 4.99 Å². The first-order chi connectivity index (χ1) is 13.4. The first kappa shape index (κ1) is 25.2. The Balaban J connectivity index is 2.69. The monoisotopic (exact) mass is 440 g/mol. The average molecular weight is 441 g/mol. The molecule has 6 nitrogen and oxygen atoms in total. The van der Waals surface area contributed by atoms with Crippen LogP contribution in [0.15, 0.2) is 23.2 Å². The number of nitrogens with zero attached hydrogens (tertiary/aromatic N) is 2. The summed E-state index contributed by atoms with van der Waals surface area (Å²) in [4.78, 5) is 5.52. The van der Waals surface area contributed by atoms with Crippen molar-refractivity contribution in [2.45, 2.75) is 31.8 Å². The van der Waals surface area contributed by atoms with Crippen molar-refractivity contribution in [2.75, 3.05) is 39.5 Å². The van der Waals surface area contributed by atoms with E-state index in [4.69, 9.17) is 0 Å². The van der Waals surface area contributed by atoms with Gasteiger partial charge >= 0.3 is 6.18 Å². The molecule has 166 valence electrons. The molecule has 2 N–H and O–H groups in total. The molecule has 0 saturated heterocycles. The number of hydrogen-bond acceptors (Lipinski definition) is 4. The lowest BCUT2D eigenvalue weighted by atomic mass is 10.1. The highest BCUT2D eigenvalue weighted by Gasteiger charge is 2.28. The van der Waals surface area contributed by atoms with E-state index in [0.717, 1.165) is 6.26 Å². The minimum Gasteiger partial charge on any atom is -0.357 e. The number of nitrogens with one attached hydrogen (secondary N) is 2. The fraction of sp³-hybridized carbons (Fsp3) is 0.611. The van der Waals surface area contributed by atoms with Gasteiger partial charge in [0.1, 0.15) is 5.82 Å². The second kappa shape index (κ2) is 11.3. The van der Waals surface area contributed by atoms with E-state index >= 15 is 0 Å². The molecule has 1 aromatic rings. The molecule has 0 fully saturated rings. The number of benzene rings is 1. The van der Waals surface area contributed by atoms with Crippen molar-refractivity contribution in [3.05, 3.63) is 35.1 Å². The highest BCUT2D eigenvalue weighted by molar-refractivity contribution is 7.89. The zero-order chi connectivity index (χ0) is 22.1. The van der Waals surface area contributed by atoms with Gasteiger partial charge in [0.25, 0.3) is 0 Å². The van der Waals surface area contributed by atoms with Crippen LogP contribution in [0.4, 0.5) is 17.6 Å². The molecule has 0 radical (unpaired) electrons. The van der Waals surface area contributed by atoms with Crippen LogP contribution in [0.5, 0.6) is 0 Å². The molecule has 0 aliphatic carbocycles. The zero-order valence-corrected chi connectivity index (χ0v) is 17.6. The van der Waals surface area contributed by atoms with Gasteiger partial charge in [0.15, 0.2) is 15.8 Å². The van der Waals surface area contributed by atoms with E-state index in [-0.39, 0.29) is 18.8 Å². The Kier molecular flexibility index (Phi) is 9.84. The Bertz CT molecular complexity index is 783. The van der Waals surface area contributed by atoms with Crippen molar-refractivity contribution in [3.8, 4) is 0 Å². The topological polar surface area (TPSA) is 73.8 Å². The SMILES string of the molecule is CCNC(=NCc1cc(F)ccc1CS(C)(=O)=O)NCCCN(C)CC(F)(F)F. The van der Waals surface area contributed by atoms with E-state index in [9.17, 15) is 26.0 Å². The third kappa shape index (κ3) is 11.6. The third-order valence-corrected chi connectivity index (χ3v) is 4.63. The molecule has 0 heterocycles. The molecule has 0 atom stereocenters. The summed E-state index contributed by atoms with van der Waals surface area (Å²) in [5.74, 6) is -0.285. The number of halogens is 4. The predicted molar refractivity (Wildman–Crippen MR) is 106 cm³/mol. The van der Waals surface area contributed by atoms with Crippen LogP contribution >= 0.6 is 0 Å². The second-order valence-corrected chi connectivity index (χ2v) is 8.95. The molecule has 0 amide bonds. The highest BCUT2D eigenvalue weighted by atomic mass is 32.2. The van der Waals surface area contributed by atoms with Gasteiger partial charge in [-0.25, -0.2) is 17.8 Å². The molecular formula is C18H28F4N4O2S. The van der Waals surface area contributed by atoms with Crippen molar-refractivity contribution < 1.29 is 26.0 Å². The molecule has 0 unspecified atom stereocenters. The Labute approximate surface area is 169 Å². The van der Waals surface area contributed by atoms with Crippen molar-refractivity contribution in [3.63, 3.8) is 0 Å². The van der Waals surface area contributed by atoms with Crippen molar-refractivity contribution in [1.29, 1.82) is 0 Å². The van der Waals surface area contributed by atoms with Crippen LogP contribution in [0.2, 0.25) is 0 Å². The number of sulfone groups is 1. The van der Waals surface area contributed by atoms with E-state index < -0.39 is 28.4 Å². The third-order valence-electron chi connectivity index (χ3n) is 3.80. The summed E-state index contributed by atoms with van der Waals surface area (Å²) in [5, 5.41) is 6.01. The van der Waals surface area contributed by atoms with Crippen LogP contribution < -0.4 is 10.6 Å². The fourth-order valence-electron chi connectivity index (χ4n) is 2.61. The van der Waals surface area contributed by atoms with Crippen LogP contribution in [-0.2, 0) is 22.1 Å². The van der Waals surface area contributed by atoms with Gasteiger partial charge in [-0.15, -0.1) is 0 Å². The minimum atomic E-state index is -4.23. The molecule has 0 aliphatic rings. The summed E-state index contributed by atoms with van der Waals surface area (Å²) in [6, 6.07) is 3.88. The van der Waals surface area contributed by atoms with Gasteiger partial charge in [0.05, 0.1) is 18.8 Å². The molecule has 1 rings (SSSR count). The van der Waals surface area contributed by atoms with Crippen LogP contribution in [0.25, 0.3) is 0 Å². The standard InChI is InChI=1S/C18H28F4N4O2S/c1-4-23-17(24-8-5-9-26(2)13-18(20,21)22)25-11-15-10-16(19)7-6-14(15)12-29(3,27)28/h6-7,10H,4-5,8-9,11-13H2,1-3H3,(H2,23,24,25). The van der Waals surface area contributed by atoms with E-state index in [0.29, 0.717) is 36.6 Å². The summed E-state index contributed by atoms with van der Waals surface area (Å²) in [6.07, 6.45) is -2.66. The quantitative estimate of drug-likeness (QED) is 0.253. The maximum atomic E-state index is 13.6. The van der Waals surface area contributed by atoms with Gasteiger partial charge in [0, 0.05) is 19.3 Å². The molecule has 0 aliphatic heterocycles. The molecular weight excluding hydrogens is 412 g/mol. The van der Waals surface area contributed by atoms with E-state index in [1.165, 1.54) is 30.1 Å². The average Bonchev–Trinajstić information content (AvgIpc) is 2.55. The summed E-state index contributed by atoms with van der Waals surface area (Å²) in [6.45, 7) is 2.15. The maximum absolute atomic E-state index is 13.6. The van der Waals surface area contributed by atoms with Gasteiger partial charge < -0.3 is 10.6 Å². The van der Waals surface area contributed by atoms with Crippen molar-refractivity contribution >= 4 is 15.8 Å². The second-order valence-electron chi connectivity index (χ2n) is 6.81. The van der Waals surface area contributed by atoms with Gasteiger partial charge in [-0.05, 0) is 50.2 Å². The lowest BCUT2D eigenvalue weighted by molar-refractivity contribution is -0.143. The zero-order valence-electron chi connectivity index (χ0n) is 16.8. The van der Waals surface area contributed by atoms with Crippen LogP contribution in [-0.4, -0.2) is 64.9 Å². The molecule has 11 heteroatoms. The lowest BCUT2D eigenvalue weighted by Gasteiger charge is -2.19. The van der Waals surface area contributed by atoms with E-state index in [1.54, 1.807) is 0 Å². The molecule has 1 aromatic carbocycles. The van der Waals surface area contributed by atoms with Gasteiger partial charge in [-0.1, -0.05) is 6.07 Å². The first-order valence-electron chi connectivity index (χ1n) is 9.12. The maximum Gasteiger partial charge on any atom is 0.401 e. The van der Waals surface area contributed by atoms with Crippen LogP contribution in [0, 0.1) is 5.82 Å². The van der Waals surface area contributed by atoms with Gasteiger partial charge in [-0.2, -0.15) is 13.2 Å². The van der Waals surface area contributed by atoms with Crippen molar-refractivity contribution in [1.82, 2.24) is 15.5 Å². The van der Waals surface area contributed by atoms with Crippen LogP contribution in [0.1, 0.15) is 24.5 Å². The first-order valence-corrected chi connectivity index (χ1v) is 11.2. The lowest BCUT2D eigenvalue weighted by Crippen LogP contribution is -2.39. The summed E-state index contributed by atoms with van der Waals surface area (Å²) in [5.41, 5.74) is 0.930. The number of guanidine groups is 1. The number of aliphatic imine (C=N–C) groups is 1. The molecule has 0 spiro atoms. The molecule has 0 aromatic heterocycles. The number of alkyl halides is 3. The Morgan fingerprint density at radius 2 is 1.90 bits per heavy atom. The summed E-state index contributed by atoms with van der Waals surface area (Å²) >= 11 is 0. The Hall–Kier alpha value is -1.88. The van der Waals surface area contributed by atoms with Gasteiger partial charge in [-0.3, -0.25) is 4.90 Å². The fourth-order valence-corrected chi connectivity index (χ4v) is 3.46. The highest BCUT2D eigenvalue weighted by Crippen LogP contribution is 2.16. The van der Waals surface area contributed by atoms with Gasteiger partial charge in [0.2, 0.25) is 0 Å². The molecule has 0 saturated carbocycles. The largest absolute Gasteiger partial charge is 0.401 e. The Morgan fingerprint density at radius 1 is 1.21 bits per heavy atom.